The van der Waals surface area contributed by atoms with Crippen LogP contribution in [0.5, 0.6) is 0 Å². The van der Waals surface area contributed by atoms with E-state index >= 15 is 0 Å². The van der Waals surface area contributed by atoms with E-state index in [0.29, 0.717) is 25.1 Å². The molecule has 8 heteroatoms. The van der Waals surface area contributed by atoms with Gasteiger partial charge in [-0.2, -0.15) is 0 Å². The van der Waals surface area contributed by atoms with Gasteiger partial charge in [-0.15, -0.1) is 0 Å². The fourth-order valence-electron chi connectivity index (χ4n) is 6.32. The van der Waals surface area contributed by atoms with E-state index in [1.807, 2.05) is 37.3 Å². The molecule has 1 spiro atoms. The van der Waals surface area contributed by atoms with Gasteiger partial charge in [0.25, 0.3) is 0 Å². The minimum absolute atomic E-state index is 0.000218. The number of nitrogens with zero attached hydrogens (tertiary/aromatic N) is 1. The summed E-state index contributed by atoms with van der Waals surface area (Å²) in [6, 6.07) is 8.51. The van der Waals surface area contributed by atoms with Crippen molar-refractivity contribution in [2.75, 3.05) is 18.5 Å². The summed E-state index contributed by atoms with van der Waals surface area (Å²) in [7, 11) is 0. The fourth-order valence-corrected chi connectivity index (χ4v) is 6.32. The van der Waals surface area contributed by atoms with Gasteiger partial charge < -0.3 is 25.4 Å². The molecule has 192 valence electrons. The number of aliphatic hydroxyl groups excluding tert-OH is 1. The molecule has 3 fully saturated rings. The van der Waals surface area contributed by atoms with Gasteiger partial charge in [-0.05, 0) is 51.2 Å². The Morgan fingerprint density at radius 1 is 1.17 bits per heavy atom. The van der Waals surface area contributed by atoms with Gasteiger partial charge in [0.1, 0.15) is 11.6 Å². The number of likely N-dealkylation sites (tertiary alicyclic amines) is 1. The van der Waals surface area contributed by atoms with Crippen molar-refractivity contribution in [2.24, 2.45) is 11.8 Å². The quantitative estimate of drug-likeness (QED) is 0.395. The van der Waals surface area contributed by atoms with Crippen molar-refractivity contribution >= 4 is 23.4 Å². The summed E-state index contributed by atoms with van der Waals surface area (Å²) in [5.41, 5.74) is -0.273. The van der Waals surface area contributed by atoms with E-state index in [4.69, 9.17) is 9.84 Å². The van der Waals surface area contributed by atoms with Crippen LogP contribution in [0.1, 0.15) is 65.2 Å². The summed E-state index contributed by atoms with van der Waals surface area (Å²) in [5, 5.41) is 15.1. The van der Waals surface area contributed by atoms with Crippen LogP contribution in [-0.2, 0) is 19.1 Å². The second-order valence-electron chi connectivity index (χ2n) is 10.3. The lowest BCUT2D eigenvalue weighted by Gasteiger charge is -2.34. The van der Waals surface area contributed by atoms with Gasteiger partial charge in [0.2, 0.25) is 17.7 Å². The number of amides is 3. The minimum Gasteiger partial charge on any atom is -0.396 e. The normalized spacial score (nSPS) is 29.8. The Hall–Kier alpha value is -2.45. The lowest BCUT2D eigenvalue weighted by molar-refractivity contribution is -0.141. The number of hydrogen-bond donors (Lipinski definition) is 3. The van der Waals surface area contributed by atoms with Gasteiger partial charge >= 0.3 is 0 Å². The Bertz CT molecular complexity index is 909. The molecule has 4 rings (SSSR count). The number of hydrogen-bond acceptors (Lipinski definition) is 5. The first-order chi connectivity index (χ1) is 16.9. The van der Waals surface area contributed by atoms with Crippen molar-refractivity contribution in [3.63, 3.8) is 0 Å². The smallest absolute Gasteiger partial charge is 0.246 e. The largest absolute Gasteiger partial charge is 0.396 e. The lowest BCUT2D eigenvalue weighted by atomic mass is 9.70. The number of para-hydroxylation sites is 1. The Morgan fingerprint density at radius 2 is 1.91 bits per heavy atom. The van der Waals surface area contributed by atoms with E-state index in [2.05, 4.69) is 17.6 Å². The van der Waals surface area contributed by atoms with E-state index in [0.717, 1.165) is 38.5 Å². The average molecular weight is 486 g/mol. The third kappa shape index (κ3) is 4.96. The van der Waals surface area contributed by atoms with Crippen molar-refractivity contribution in [2.45, 2.75) is 89.0 Å². The molecule has 0 radical (unpaired) electrons. The van der Waals surface area contributed by atoms with Gasteiger partial charge in [-0.1, -0.05) is 44.4 Å². The highest BCUT2D eigenvalue weighted by atomic mass is 16.5. The van der Waals surface area contributed by atoms with Crippen LogP contribution in [0.3, 0.4) is 0 Å². The highest BCUT2D eigenvalue weighted by molar-refractivity contribution is 6.02. The van der Waals surface area contributed by atoms with E-state index in [1.165, 1.54) is 0 Å². The number of benzene rings is 1. The van der Waals surface area contributed by atoms with E-state index < -0.39 is 23.5 Å². The van der Waals surface area contributed by atoms with Gasteiger partial charge in [-0.25, -0.2) is 0 Å². The van der Waals surface area contributed by atoms with Crippen molar-refractivity contribution < 1.29 is 24.2 Å². The van der Waals surface area contributed by atoms with Crippen molar-refractivity contribution in [3.8, 4) is 0 Å². The zero-order chi connectivity index (χ0) is 25.0. The first-order valence-corrected chi connectivity index (χ1v) is 13.2. The molecule has 8 nitrogen and oxygen atoms in total. The van der Waals surface area contributed by atoms with Crippen molar-refractivity contribution in [1.29, 1.82) is 0 Å². The molecule has 3 unspecified atom stereocenters. The summed E-state index contributed by atoms with van der Waals surface area (Å²) < 4.78 is 6.46. The Labute approximate surface area is 207 Å². The monoisotopic (exact) mass is 485 g/mol. The highest BCUT2D eigenvalue weighted by Gasteiger charge is 2.74. The molecule has 6 atom stereocenters. The number of nitrogens with one attached hydrogen (secondary N) is 2. The van der Waals surface area contributed by atoms with Crippen molar-refractivity contribution in [3.05, 3.63) is 30.3 Å². The molecular formula is C27H39N3O5. The summed E-state index contributed by atoms with van der Waals surface area (Å²) in [6.45, 7) is 4.66. The second kappa shape index (κ2) is 11.1. The maximum absolute atomic E-state index is 13.8. The van der Waals surface area contributed by atoms with Crippen LogP contribution in [0.2, 0.25) is 0 Å². The number of fused-ring (bicyclic) bond motifs is 1. The van der Waals surface area contributed by atoms with E-state index in [-0.39, 0.29) is 36.5 Å². The lowest BCUT2D eigenvalue weighted by Crippen LogP contribution is -2.56. The zero-order valence-corrected chi connectivity index (χ0v) is 20.9. The molecule has 2 bridgehead atoms. The predicted octanol–water partition coefficient (Wildman–Crippen LogP) is 2.86. The minimum atomic E-state index is -0.957. The van der Waals surface area contributed by atoms with Gasteiger partial charge in [-0.3, -0.25) is 14.4 Å². The molecule has 1 aromatic carbocycles. The number of anilines is 1. The number of rotatable bonds is 12. The molecule has 3 N–H and O–H groups in total. The molecule has 3 heterocycles. The summed E-state index contributed by atoms with van der Waals surface area (Å²) in [5.74, 6) is -1.81. The predicted molar refractivity (Wildman–Crippen MR) is 132 cm³/mol. The Balaban J connectivity index is 1.57. The maximum atomic E-state index is 13.8. The zero-order valence-electron chi connectivity index (χ0n) is 20.9. The van der Waals surface area contributed by atoms with E-state index in [1.54, 1.807) is 4.90 Å². The first kappa shape index (κ1) is 25.6. The first-order valence-electron chi connectivity index (χ1n) is 13.2. The fraction of sp³-hybridized carbons (Fsp3) is 0.667. The van der Waals surface area contributed by atoms with Gasteiger partial charge in [0.05, 0.1) is 17.9 Å². The van der Waals surface area contributed by atoms with Crippen LogP contribution in [0.4, 0.5) is 5.69 Å². The highest BCUT2D eigenvalue weighted by Crippen LogP contribution is 2.58. The van der Waals surface area contributed by atoms with Crippen LogP contribution in [0.15, 0.2) is 30.3 Å². The second-order valence-corrected chi connectivity index (χ2v) is 10.3. The van der Waals surface area contributed by atoms with Crippen LogP contribution in [-0.4, -0.2) is 64.7 Å². The SMILES string of the molecule is CCCC(C)NC(=O)C1N(CCCCCCO)C(=O)[C@@H]2[C@H](C(=O)Nc3ccccc3)[C@@H]3CCC12O3. The third-order valence-corrected chi connectivity index (χ3v) is 7.81. The van der Waals surface area contributed by atoms with E-state index in [9.17, 15) is 14.4 Å². The number of ether oxygens (including phenoxy) is 1. The molecule has 1 aromatic rings. The summed E-state index contributed by atoms with van der Waals surface area (Å²) >= 11 is 0. The molecule has 0 aromatic heterocycles. The van der Waals surface area contributed by atoms with Crippen LogP contribution >= 0.6 is 0 Å². The molecule has 0 saturated carbocycles. The van der Waals surface area contributed by atoms with Gasteiger partial charge in [0, 0.05) is 24.9 Å². The number of carbonyl (C=O) groups excluding carboxylic acids is 3. The number of unbranched alkanes of at least 4 members (excludes halogenated alkanes) is 3. The third-order valence-electron chi connectivity index (χ3n) is 7.81. The molecule has 3 saturated heterocycles. The molecule has 3 aliphatic rings. The molecule has 35 heavy (non-hydrogen) atoms. The van der Waals surface area contributed by atoms with Crippen LogP contribution in [0, 0.1) is 11.8 Å². The Kier molecular flexibility index (Phi) is 8.12. The number of carbonyl (C=O) groups is 3. The average Bonchev–Trinajstić information content (AvgIpc) is 3.47. The topological polar surface area (TPSA) is 108 Å². The molecule has 0 aliphatic carbocycles. The summed E-state index contributed by atoms with van der Waals surface area (Å²) in [6.07, 6.45) is 5.92. The standard InChI is InChI=1S/C27H39N3O5/c1-3-11-18(2)28-25(33)23-27-15-14-20(35-27)21(24(32)29-19-12-7-6-8-13-19)22(27)26(34)30(23)16-9-4-5-10-17-31/h6-8,12-13,18,20-23,31H,3-5,9-11,14-17H2,1-2H3,(H,28,33)(H,29,32)/t18?,20-,21+,22-,23?,27?/m0/s1. The molecule has 3 aliphatic heterocycles. The van der Waals surface area contributed by atoms with Gasteiger partial charge in [0.15, 0.2) is 0 Å². The van der Waals surface area contributed by atoms with Crippen LogP contribution < -0.4 is 10.6 Å². The summed E-state index contributed by atoms with van der Waals surface area (Å²) in [4.78, 5) is 42.5. The van der Waals surface area contributed by atoms with Crippen molar-refractivity contribution in [1.82, 2.24) is 10.2 Å². The molecule has 3 amide bonds. The Morgan fingerprint density at radius 3 is 2.63 bits per heavy atom. The number of aliphatic hydroxyl groups is 1. The van der Waals surface area contributed by atoms with Crippen LogP contribution in [0.25, 0.3) is 0 Å². The molecular weight excluding hydrogens is 446 g/mol. The maximum Gasteiger partial charge on any atom is 0.246 e.